The lowest BCUT2D eigenvalue weighted by molar-refractivity contribution is 0.344. The first kappa shape index (κ1) is 16.2. The fourth-order valence-electron chi connectivity index (χ4n) is 1.43. The standard InChI is InChI=1S/C14H14N2O2S3/c1-19-13-15-16-14(21-13)20-9-8-18-12-6-2-4-11(10-12)5-3-7-17/h2,4,6,10,17H,7-9H2,1H3. The predicted octanol–water partition coefficient (Wildman–Crippen LogP) is 2.77. The molecule has 0 fully saturated rings. The van der Waals surface area contributed by atoms with Gasteiger partial charge in [-0.15, -0.1) is 10.2 Å². The van der Waals surface area contributed by atoms with Gasteiger partial charge in [-0.05, 0) is 24.5 Å². The highest BCUT2D eigenvalue weighted by Crippen LogP contribution is 2.27. The van der Waals surface area contributed by atoms with Crippen LogP contribution in [0.5, 0.6) is 5.75 Å². The van der Waals surface area contributed by atoms with Crippen molar-refractivity contribution in [1.82, 2.24) is 10.2 Å². The van der Waals surface area contributed by atoms with Crippen molar-refractivity contribution in [3.8, 4) is 17.6 Å². The summed E-state index contributed by atoms with van der Waals surface area (Å²) in [5.41, 5.74) is 0.836. The first-order chi connectivity index (χ1) is 10.3. The van der Waals surface area contributed by atoms with Crippen LogP contribution < -0.4 is 4.74 Å². The zero-order valence-corrected chi connectivity index (χ0v) is 13.9. The number of aliphatic hydroxyl groups is 1. The third-order valence-corrected chi connectivity index (χ3v) is 5.28. The molecule has 7 heteroatoms. The van der Waals surface area contributed by atoms with Crippen molar-refractivity contribution >= 4 is 34.9 Å². The number of aromatic nitrogens is 2. The van der Waals surface area contributed by atoms with Crippen LogP contribution in [0.2, 0.25) is 0 Å². The van der Waals surface area contributed by atoms with Crippen LogP contribution in [0.4, 0.5) is 0 Å². The Morgan fingerprint density at radius 3 is 2.95 bits per heavy atom. The molecule has 0 radical (unpaired) electrons. The molecular weight excluding hydrogens is 324 g/mol. The van der Waals surface area contributed by atoms with Gasteiger partial charge in [0.05, 0.1) is 6.61 Å². The van der Waals surface area contributed by atoms with Crippen LogP contribution in [-0.2, 0) is 0 Å². The van der Waals surface area contributed by atoms with Crippen molar-refractivity contribution in [2.75, 3.05) is 25.2 Å². The summed E-state index contributed by atoms with van der Waals surface area (Å²) < 4.78 is 7.63. The largest absolute Gasteiger partial charge is 0.493 e. The normalized spacial score (nSPS) is 10.0. The highest BCUT2D eigenvalue weighted by atomic mass is 32.2. The monoisotopic (exact) mass is 338 g/mol. The zero-order chi connectivity index (χ0) is 14.9. The second-order valence-electron chi connectivity index (χ2n) is 3.72. The fourth-order valence-corrected chi connectivity index (χ4v) is 3.76. The van der Waals surface area contributed by atoms with Gasteiger partial charge in [0.1, 0.15) is 12.4 Å². The number of hydrogen-bond acceptors (Lipinski definition) is 7. The molecule has 1 aromatic heterocycles. The molecule has 0 saturated heterocycles. The van der Waals surface area contributed by atoms with Crippen LogP contribution in [0.25, 0.3) is 0 Å². The van der Waals surface area contributed by atoms with E-state index in [0.717, 1.165) is 25.7 Å². The molecule has 2 rings (SSSR count). The summed E-state index contributed by atoms with van der Waals surface area (Å²) in [4.78, 5) is 0. The van der Waals surface area contributed by atoms with E-state index < -0.39 is 0 Å². The molecule has 0 aliphatic carbocycles. The summed E-state index contributed by atoms with van der Waals surface area (Å²) in [5.74, 6) is 7.07. The van der Waals surface area contributed by atoms with E-state index in [9.17, 15) is 0 Å². The van der Waals surface area contributed by atoms with E-state index in [1.54, 1.807) is 34.9 Å². The predicted molar refractivity (Wildman–Crippen MR) is 88.3 cm³/mol. The lowest BCUT2D eigenvalue weighted by Gasteiger charge is -2.05. The molecule has 0 saturated carbocycles. The van der Waals surface area contributed by atoms with Crippen LogP contribution in [0, 0.1) is 11.8 Å². The molecule has 0 aliphatic heterocycles. The minimum atomic E-state index is -0.137. The molecule has 0 bridgehead atoms. The molecule has 0 spiro atoms. The van der Waals surface area contributed by atoms with Gasteiger partial charge in [-0.1, -0.05) is 52.8 Å². The quantitative estimate of drug-likeness (QED) is 0.496. The van der Waals surface area contributed by atoms with E-state index in [1.807, 2.05) is 30.5 Å². The van der Waals surface area contributed by atoms with Crippen molar-refractivity contribution in [3.05, 3.63) is 29.8 Å². The smallest absolute Gasteiger partial charge is 0.175 e. The molecule has 0 unspecified atom stereocenters. The Labute approximate surface area is 136 Å². The average molecular weight is 338 g/mol. The Morgan fingerprint density at radius 2 is 2.19 bits per heavy atom. The van der Waals surface area contributed by atoms with Crippen molar-refractivity contribution in [1.29, 1.82) is 0 Å². The number of ether oxygens (including phenoxy) is 1. The van der Waals surface area contributed by atoms with Crippen molar-refractivity contribution in [3.63, 3.8) is 0 Å². The van der Waals surface area contributed by atoms with Gasteiger partial charge in [0.15, 0.2) is 8.68 Å². The second-order valence-corrected chi connectivity index (χ2v) is 7.10. The SMILES string of the molecule is CSc1nnc(SCCOc2cccc(C#CCO)c2)s1. The third kappa shape index (κ3) is 5.59. The number of thioether (sulfide) groups is 2. The topological polar surface area (TPSA) is 55.2 Å². The third-order valence-electron chi connectivity index (χ3n) is 2.29. The van der Waals surface area contributed by atoms with Gasteiger partial charge in [-0.25, -0.2) is 0 Å². The lowest BCUT2D eigenvalue weighted by Crippen LogP contribution is -2.00. The van der Waals surface area contributed by atoms with E-state index >= 15 is 0 Å². The molecule has 0 aliphatic rings. The molecular formula is C14H14N2O2S3. The lowest BCUT2D eigenvalue weighted by atomic mass is 10.2. The number of benzene rings is 1. The van der Waals surface area contributed by atoms with E-state index in [4.69, 9.17) is 9.84 Å². The highest BCUT2D eigenvalue weighted by molar-refractivity contribution is 8.02. The molecule has 1 N–H and O–H groups in total. The summed E-state index contributed by atoms with van der Waals surface area (Å²) >= 11 is 4.84. The summed E-state index contributed by atoms with van der Waals surface area (Å²) in [6.07, 6.45) is 1.99. The van der Waals surface area contributed by atoms with Crippen LogP contribution in [-0.4, -0.2) is 40.5 Å². The maximum atomic E-state index is 8.68. The van der Waals surface area contributed by atoms with Gasteiger partial charge >= 0.3 is 0 Å². The van der Waals surface area contributed by atoms with Gasteiger partial charge < -0.3 is 9.84 Å². The van der Waals surface area contributed by atoms with E-state index in [0.29, 0.717) is 6.61 Å². The summed E-state index contributed by atoms with van der Waals surface area (Å²) in [5, 5.41) is 16.8. The number of rotatable bonds is 6. The zero-order valence-electron chi connectivity index (χ0n) is 11.4. The van der Waals surface area contributed by atoms with Gasteiger partial charge in [0.25, 0.3) is 0 Å². The Balaban J connectivity index is 1.78. The van der Waals surface area contributed by atoms with Crippen molar-refractivity contribution in [2.24, 2.45) is 0 Å². The summed E-state index contributed by atoms with van der Waals surface area (Å²) in [7, 11) is 0. The first-order valence-electron chi connectivity index (χ1n) is 6.14. The van der Waals surface area contributed by atoms with Crippen molar-refractivity contribution < 1.29 is 9.84 Å². The Kier molecular flexibility index (Phi) is 6.89. The average Bonchev–Trinajstić information content (AvgIpc) is 2.98. The highest BCUT2D eigenvalue weighted by Gasteiger charge is 2.03. The van der Waals surface area contributed by atoms with Crippen LogP contribution in [0.15, 0.2) is 32.9 Å². The van der Waals surface area contributed by atoms with Gasteiger partial charge in [0.2, 0.25) is 0 Å². The number of aliphatic hydroxyl groups excluding tert-OH is 1. The Hall–Kier alpha value is -1.20. The minimum absolute atomic E-state index is 0.137. The number of nitrogens with zero attached hydrogens (tertiary/aromatic N) is 2. The van der Waals surface area contributed by atoms with Crippen molar-refractivity contribution in [2.45, 2.75) is 8.68 Å². The molecule has 1 aromatic carbocycles. The Morgan fingerprint density at radius 1 is 1.33 bits per heavy atom. The molecule has 0 atom stereocenters. The molecule has 0 amide bonds. The number of hydrogen-bond donors (Lipinski definition) is 1. The molecule has 110 valence electrons. The van der Waals surface area contributed by atoms with Gasteiger partial charge in [-0.3, -0.25) is 0 Å². The van der Waals surface area contributed by atoms with Gasteiger partial charge in [-0.2, -0.15) is 0 Å². The summed E-state index contributed by atoms with van der Waals surface area (Å²) in [6.45, 7) is 0.456. The molecule has 2 aromatic rings. The van der Waals surface area contributed by atoms with E-state index in [1.165, 1.54) is 0 Å². The van der Waals surface area contributed by atoms with Crippen LogP contribution in [0.1, 0.15) is 5.56 Å². The Bertz CT molecular complexity index is 634. The van der Waals surface area contributed by atoms with Crippen LogP contribution in [0.3, 0.4) is 0 Å². The first-order valence-corrected chi connectivity index (χ1v) is 9.17. The maximum Gasteiger partial charge on any atom is 0.175 e. The second kappa shape index (κ2) is 8.95. The maximum absolute atomic E-state index is 8.68. The van der Waals surface area contributed by atoms with Gasteiger partial charge in [0, 0.05) is 11.3 Å². The molecule has 1 heterocycles. The van der Waals surface area contributed by atoms with E-state index in [2.05, 4.69) is 22.0 Å². The molecule has 21 heavy (non-hydrogen) atoms. The fraction of sp³-hybridized carbons (Fsp3) is 0.286. The molecule has 4 nitrogen and oxygen atoms in total. The summed E-state index contributed by atoms with van der Waals surface area (Å²) in [6, 6.07) is 7.53. The minimum Gasteiger partial charge on any atom is -0.493 e. The van der Waals surface area contributed by atoms with E-state index in [-0.39, 0.29) is 6.61 Å². The van der Waals surface area contributed by atoms with Crippen LogP contribution >= 0.6 is 34.9 Å².